The molecular formula is C6H4S8. The molecular weight excluding hydrogens is 329 g/mol. The van der Waals surface area contributed by atoms with Crippen LogP contribution < -0.4 is 0 Å². The number of benzene rings is 1. The molecule has 1 aromatic carbocycles. The molecule has 0 aliphatic carbocycles. The van der Waals surface area contributed by atoms with E-state index in [9.17, 15) is 0 Å². The van der Waals surface area contributed by atoms with Gasteiger partial charge in [0.05, 0.1) is 9.40 Å². The molecule has 1 aromatic heterocycles. The summed E-state index contributed by atoms with van der Waals surface area (Å²) < 4.78 is 2.74. The van der Waals surface area contributed by atoms with E-state index in [1.54, 1.807) is 0 Å². The van der Waals surface area contributed by atoms with E-state index in [-0.39, 0.29) is 0 Å². The zero-order valence-electron chi connectivity index (χ0n) is 6.58. The standard InChI is InChI=1S/C6H4S8/c1-2-4-6-5(3-1)7-9-11-13-14-12-10-8-6/h1-4H. The van der Waals surface area contributed by atoms with Crippen LogP contribution in [0.5, 0.6) is 0 Å². The van der Waals surface area contributed by atoms with E-state index in [1.165, 1.54) is 9.40 Å². The molecule has 0 saturated carbocycles. The van der Waals surface area contributed by atoms with Gasteiger partial charge in [-0.1, -0.05) is 32.8 Å². The monoisotopic (exact) mass is 332 g/mol. The maximum atomic E-state index is 2.19. The van der Waals surface area contributed by atoms with Crippen molar-refractivity contribution in [2.75, 3.05) is 0 Å². The van der Waals surface area contributed by atoms with Gasteiger partial charge in [-0.15, -0.1) is 0 Å². The molecule has 76 valence electrons. The second kappa shape index (κ2) is 6.54. The van der Waals surface area contributed by atoms with Crippen molar-refractivity contribution < 1.29 is 0 Å². The summed E-state index contributed by atoms with van der Waals surface area (Å²) in [5, 5.41) is 0. The van der Waals surface area contributed by atoms with E-state index >= 15 is 0 Å². The zero-order valence-corrected chi connectivity index (χ0v) is 13.1. The van der Waals surface area contributed by atoms with Crippen LogP contribution >= 0.6 is 76.7 Å². The maximum Gasteiger partial charge on any atom is 0.0566 e. The average molecular weight is 333 g/mol. The summed E-state index contributed by atoms with van der Waals surface area (Å²) in [4.78, 5) is 0. The summed E-state index contributed by atoms with van der Waals surface area (Å²) in [7, 11) is 14.7. The lowest BCUT2D eigenvalue weighted by molar-refractivity contribution is 1.88. The van der Waals surface area contributed by atoms with E-state index in [1.807, 2.05) is 76.7 Å². The largest absolute Gasteiger partial charge is 0.0676 e. The van der Waals surface area contributed by atoms with Crippen LogP contribution in [0.1, 0.15) is 0 Å². The summed E-state index contributed by atoms with van der Waals surface area (Å²) in [6.07, 6.45) is 0. The fraction of sp³-hybridized carbons (Fsp3) is 0. The minimum absolute atomic E-state index is 1.37. The Morgan fingerprint density at radius 1 is 0.571 bits per heavy atom. The number of hydrogen-bond acceptors (Lipinski definition) is 8. The highest BCUT2D eigenvalue weighted by Crippen LogP contribution is 2.29. The van der Waals surface area contributed by atoms with Crippen molar-refractivity contribution in [1.82, 2.24) is 0 Å². The van der Waals surface area contributed by atoms with Crippen LogP contribution in [0.15, 0.2) is 24.3 Å². The molecule has 0 aliphatic heterocycles. The van der Waals surface area contributed by atoms with Crippen LogP contribution in [-0.4, -0.2) is 0 Å². The second-order valence-corrected chi connectivity index (χ2v) is 14.8. The maximum absolute atomic E-state index is 2.19. The first-order valence-corrected chi connectivity index (χ1v) is 13.6. The lowest BCUT2D eigenvalue weighted by Crippen LogP contribution is -1.56. The van der Waals surface area contributed by atoms with E-state index in [2.05, 4.69) is 24.3 Å². The van der Waals surface area contributed by atoms with E-state index < -0.39 is 0 Å². The Kier molecular flexibility index (Phi) is 5.35. The summed E-state index contributed by atoms with van der Waals surface area (Å²) in [6, 6.07) is 8.57. The number of hydrogen-bond donors (Lipinski definition) is 0. The highest BCUT2D eigenvalue weighted by atomic mass is 33.6. The summed E-state index contributed by atoms with van der Waals surface area (Å²) in [5.74, 6) is 0. The van der Waals surface area contributed by atoms with Crippen molar-refractivity contribution in [1.29, 1.82) is 0 Å². The van der Waals surface area contributed by atoms with Crippen molar-refractivity contribution in [2.45, 2.75) is 0 Å². The van der Waals surface area contributed by atoms with Crippen LogP contribution in [-0.2, 0) is 0 Å². The molecule has 2 aromatic rings. The van der Waals surface area contributed by atoms with Crippen molar-refractivity contribution in [3.8, 4) is 0 Å². The van der Waals surface area contributed by atoms with E-state index in [4.69, 9.17) is 0 Å². The highest BCUT2D eigenvalue weighted by Gasteiger charge is 1.87. The average Bonchev–Trinajstić information content (AvgIpc) is 2.25. The quantitative estimate of drug-likeness (QED) is 0.471. The van der Waals surface area contributed by atoms with Crippen LogP contribution in [0.25, 0.3) is 9.40 Å². The molecule has 0 amide bonds. The first-order chi connectivity index (χ1) is 6.97. The molecule has 0 unspecified atom stereocenters. The van der Waals surface area contributed by atoms with E-state index in [0.29, 0.717) is 0 Å². The first-order valence-electron chi connectivity index (χ1n) is 3.40. The van der Waals surface area contributed by atoms with E-state index in [0.717, 1.165) is 0 Å². The molecule has 14 heavy (non-hydrogen) atoms. The Bertz CT molecular complexity index is 439. The van der Waals surface area contributed by atoms with Crippen LogP contribution in [0.4, 0.5) is 0 Å². The molecule has 0 nitrogen and oxygen atoms in total. The predicted octanol–water partition coefficient (Wildman–Crippen LogP) is 6.71. The van der Waals surface area contributed by atoms with Gasteiger partial charge in [-0.2, -0.15) is 0 Å². The predicted molar refractivity (Wildman–Crippen MR) is 79.8 cm³/mol. The molecule has 2 rings (SSSR count). The van der Waals surface area contributed by atoms with Gasteiger partial charge in [0.15, 0.2) is 0 Å². The molecule has 0 fully saturated rings. The fourth-order valence-electron chi connectivity index (χ4n) is 0.734. The second-order valence-electron chi connectivity index (χ2n) is 2.02. The van der Waals surface area contributed by atoms with Gasteiger partial charge in [-0.05, 0) is 68.2 Å². The first kappa shape index (κ1) is 11.5. The summed E-state index contributed by atoms with van der Waals surface area (Å²) >= 11 is 0. The third kappa shape index (κ3) is 3.53. The number of rotatable bonds is 0. The van der Waals surface area contributed by atoms with Gasteiger partial charge in [0.2, 0.25) is 0 Å². The third-order valence-corrected chi connectivity index (χ3v) is 16.4. The Hall–Kier alpha value is 0.980. The van der Waals surface area contributed by atoms with Gasteiger partial charge in [0.1, 0.15) is 0 Å². The summed E-state index contributed by atoms with van der Waals surface area (Å²) in [6.45, 7) is 0. The Morgan fingerprint density at radius 3 is 1.50 bits per heavy atom. The van der Waals surface area contributed by atoms with Crippen molar-refractivity contribution in [3.63, 3.8) is 0 Å². The minimum Gasteiger partial charge on any atom is -0.0676 e. The number of fused-ring (bicyclic) bond motifs is 1. The van der Waals surface area contributed by atoms with Gasteiger partial charge in [-0.3, -0.25) is 0 Å². The molecule has 0 radical (unpaired) electrons. The Labute approximate surface area is 109 Å². The van der Waals surface area contributed by atoms with Crippen LogP contribution in [0.2, 0.25) is 0 Å². The van der Waals surface area contributed by atoms with Crippen molar-refractivity contribution in [2.24, 2.45) is 0 Å². The van der Waals surface area contributed by atoms with Gasteiger partial charge < -0.3 is 0 Å². The van der Waals surface area contributed by atoms with Gasteiger partial charge in [-0.25, -0.2) is 0 Å². The van der Waals surface area contributed by atoms with Gasteiger partial charge in [0, 0.05) is 0 Å². The summed E-state index contributed by atoms with van der Waals surface area (Å²) in [5.41, 5.74) is 0. The third-order valence-electron chi connectivity index (χ3n) is 1.24. The molecule has 0 spiro atoms. The smallest absolute Gasteiger partial charge is 0.0566 e. The molecule has 8 heteroatoms. The molecule has 0 bridgehead atoms. The SMILES string of the molecule is c1ccc2ssssssssc2c1. The minimum atomic E-state index is 1.37. The topological polar surface area (TPSA) is 0 Å². The van der Waals surface area contributed by atoms with Crippen molar-refractivity contribution in [3.05, 3.63) is 24.3 Å². The molecule has 0 atom stereocenters. The van der Waals surface area contributed by atoms with Crippen LogP contribution in [0, 0.1) is 0 Å². The molecule has 0 aliphatic rings. The highest BCUT2D eigenvalue weighted by molar-refractivity contribution is 8.24. The van der Waals surface area contributed by atoms with Crippen LogP contribution in [0.3, 0.4) is 0 Å². The lowest BCUT2D eigenvalue weighted by Gasteiger charge is -1.86. The Morgan fingerprint density at radius 2 is 1.00 bits per heavy atom. The van der Waals surface area contributed by atoms with Crippen molar-refractivity contribution >= 4 is 86.1 Å². The lowest BCUT2D eigenvalue weighted by atomic mass is 10.4. The fourth-order valence-corrected chi connectivity index (χ4v) is 17.8. The molecule has 0 N–H and O–H groups in total. The molecule has 0 saturated heterocycles. The van der Waals surface area contributed by atoms with Gasteiger partial charge >= 0.3 is 0 Å². The molecule has 1 heterocycles. The normalized spacial score (nSPS) is 9.43. The zero-order chi connectivity index (χ0) is 9.64. The Balaban J connectivity index is 2.76. The van der Waals surface area contributed by atoms with Gasteiger partial charge in [0.25, 0.3) is 0 Å².